The zero-order valence-electron chi connectivity index (χ0n) is 11.8. The van der Waals surface area contributed by atoms with E-state index in [-0.39, 0.29) is 5.91 Å². The van der Waals surface area contributed by atoms with Crippen LogP contribution >= 0.6 is 0 Å². The third kappa shape index (κ3) is 4.94. The Morgan fingerprint density at radius 1 is 1.44 bits per heavy atom. The molecule has 0 spiro atoms. The van der Waals surface area contributed by atoms with Gasteiger partial charge in [-0.25, -0.2) is 0 Å². The zero-order chi connectivity index (χ0) is 13.6. The summed E-state index contributed by atoms with van der Waals surface area (Å²) < 4.78 is 0. The fourth-order valence-corrected chi connectivity index (χ4v) is 2.72. The van der Waals surface area contributed by atoms with Crippen LogP contribution in [0.15, 0.2) is 0 Å². The standard InChI is InChI=1S/C14H28N2O2/c1-3-4-12(7-9-15)5-6-13(17)16-10-8-14(2,18)11-16/h12,18H,3-11,15H2,1-2H3. The van der Waals surface area contributed by atoms with Crippen molar-refractivity contribution in [1.29, 1.82) is 0 Å². The summed E-state index contributed by atoms with van der Waals surface area (Å²) in [6.07, 6.45) is 5.54. The van der Waals surface area contributed by atoms with E-state index < -0.39 is 5.60 Å². The molecule has 1 saturated heterocycles. The molecule has 18 heavy (non-hydrogen) atoms. The molecule has 1 rings (SSSR count). The van der Waals surface area contributed by atoms with Crippen molar-refractivity contribution < 1.29 is 9.90 Å². The van der Waals surface area contributed by atoms with Crippen LogP contribution in [-0.2, 0) is 4.79 Å². The molecule has 0 aromatic carbocycles. The molecule has 0 aromatic rings. The summed E-state index contributed by atoms with van der Waals surface area (Å²) in [5.74, 6) is 0.762. The third-order valence-corrected chi connectivity index (χ3v) is 3.84. The quantitative estimate of drug-likeness (QED) is 0.725. The molecule has 2 atom stereocenters. The Labute approximate surface area is 111 Å². The molecule has 0 aliphatic carbocycles. The molecule has 106 valence electrons. The minimum Gasteiger partial charge on any atom is -0.388 e. The van der Waals surface area contributed by atoms with Gasteiger partial charge in [-0.3, -0.25) is 4.79 Å². The number of hydrogen-bond acceptors (Lipinski definition) is 3. The van der Waals surface area contributed by atoms with Crippen LogP contribution in [-0.4, -0.2) is 41.1 Å². The zero-order valence-corrected chi connectivity index (χ0v) is 11.8. The predicted molar refractivity (Wildman–Crippen MR) is 73.1 cm³/mol. The predicted octanol–water partition coefficient (Wildman–Crippen LogP) is 1.52. The highest BCUT2D eigenvalue weighted by atomic mass is 16.3. The van der Waals surface area contributed by atoms with Crippen molar-refractivity contribution >= 4 is 5.91 Å². The maximum Gasteiger partial charge on any atom is 0.222 e. The first kappa shape index (κ1) is 15.4. The Morgan fingerprint density at radius 3 is 2.67 bits per heavy atom. The van der Waals surface area contributed by atoms with Crippen LogP contribution in [0, 0.1) is 5.92 Å². The van der Waals surface area contributed by atoms with E-state index in [2.05, 4.69) is 6.92 Å². The van der Waals surface area contributed by atoms with Gasteiger partial charge in [-0.1, -0.05) is 19.8 Å². The molecule has 0 saturated carbocycles. The lowest BCUT2D eigenvalue weighted by Gasteiger charge is -2.20. The molecule has 1 fully saturated rings. The summed E-state index contributed by atoms with van der Waals surface area (Å²) in [5, 5.41) is 9.85. The van der Waals surface area contributed by atoms with E-state index in [4.69, 9.17) is 5.73 Å². The Bertz CT molecular complexity index is 261. The number of carbonyl (C=O) groups is 1. The normalized spacial score (nSPS) is 25.4. The van der Waals surface area contributed by atoms with Crippen molar-refractivity contribution in [3.8, 4) is 0 Å². The number of β-amino-alcohol motifs (C(OH)–C–C–N with tert-alkyl or cyclic N) is 1. The van der Waals surface area contributed by atoms with E-state index in [9.17, 15) is 9.90 Å². The highest BCUT2D eigenvalue weighted by molar-refractivity contribution is 5.76. The van der Waals surface area contributed by atoms with Gasteiger partial charge in [-0.2, -0.15) is 0 Å². The molecule has 1 aliphatic heterocycles. The first-order valence-electron chi connectivity index (χ1n) is 7.18. The fraction of sp³-hybridized carbons (Fsp3) is 0.929. The summed E-state index contributed by atoms with van der Waals surface area (Å²) in [4.78, 5) is 13.8. The highest BCUT2D eigenvalue weighted by Crippen LogP contribution is 2.23. The Balaban J connectivity index is 2.31. The summed E-state index contributed by atoms with van der Waals surface area (Å²) >= 11 is 0. The maximum atomic E-state index is 12.0. The summed E-state index contributed by atoms with van der Waals surface area (Å²) in [5.41, 5.74) is 4.91. The van der Waals surface area contributed by atoms with Crippen LogP contribution in [0.5, 0.6) is 0 Å². The lowest BCUT2D eigenvalue weighted by molar-refractivity contribution is -0.131. The monoisotopic (exact) mass is 256 g/mol. The SMILES string of the molecule is CCCC(CCN)CCC(=O)N1CCC(C)(O)C1. The first-order chi connectivity index (χ1) is 8.48. The van der Waals surface area contributed by atoms with Gasteiger partial charge in [0.1, 0.15) is 0 Å². The second-order valence-electron chi connectivity index (χ2n) is 5.83. The largest absolute Gasteiger partial charge is 0.388 e. The number of carbonyl (C=O) groups excluding carboxylic acids is 1. The summed E-state index contributed by atoms with van der Waals surface area (Å²) in [7, 11) is 0. The number of nitrogens with zero attached hydrogens (tertiary/aromatic N) is 1. The van der Waals surface area contributed by atoms with Crippen LogP contribution in [0.3, 0.4) is 0 Å². The Morgan fingerprint density at radius 2 is 2.17 bits per heavy atom. The molecular weight excluding hydrogens is 228 g/mol. The van der Waals surface area contributed by atoms with Crippen LogP contribution in [0.4, 0.5) is 0 Å². The number of nitrogens with two attached hydrogens (primary N) is 1. The number of likely N-dealkylation sites (tertiary alicyclic amines) is 1. The lowest BCUT2D eigenvalue weighted by atomic mass is 9.94. The van der Waals surface area contributed by atoms with Crippen molar-refractivity contribution in [2.24, 2.45) is 11.7 Å². The van der Waals surface area contributed by atoms with Gasteiger partial charge < -0.3 is 15.7 Å². The van der Waals surface area contributed by atoms with E-state index in [0.717, 1.165) is 25.7 Å². The third-order valence-electron chi connectivity index (χ3n) is 3.84. The molecule has 0 bridgehead atoms. The van der Waals surface area contributed by atoms with Crippen molar-refractivity contribution in [2.45, 2.75) is 58.0 Å². The molecular formula is C14H28N2O2. The topological polar surface area (TPSA) is 66.6 Å². The molecule has 2 unspecified atom stereocenters. The molecule has 1 amide bonds. The van der Waals surface area contributed by atoms with Gasteiger partial charge in [0.2, 0.25) is 5.91 Å². The number of aliphatic hydroxyl groups is 1. The second-order valence-corrected chi connectivity index (χ2v) is 5.83. The van der Waals surface area contributed by atoms with Gasteiger partial charge in [0.15, 0.2) is 0 Å². The second kappa shape index (κ2) is 7.10. The van der Waals surface area contributed by atoms with Crippen LogP contribution in [0.25, 0.3) is 0 Å². The summed E-state index contributed by atoms with van der Waals surface area (Å²) in [6.45, 7) is 5.86. The molecule has 1 aliphatic rings. The van der Waals surface area contributed by atoms with Crippen molar-refractivity contribution in [3.05, 3.63) is 0 Å². The molecule has 1 heterocycles. The van der Waals surface area contributed by atoms with E-state index in [0.29, 0.717) is 38.4 Å². The van der Waals surface area contributed by atoms with Crippen LogP contribution < -0.4 is 5.73 Å². The van der Waals surface area contributed by atoms with Gasteiger partial charge in [-0.05, 0) is 38.6 Å². The average molecular weight is 256 g/mol. The lowest BCUT2D eigenvalue weighted by Crippen LogP contribution is -2.34. The molecule has 4 nitrogen and oxygen atoms in total. The van der Waals surface area contributed by atoms with Crippen molar-refractivity contribution in [1.82, 2.24) is 4.90 Å². The van der Waals surface area contributed by atoms with Gasteiger partial charge >= 0.3 is 0 Å². The maximum absolute atomic E-state index is 12.0. The average Bonchev–Trinajstić information content (AvgIpc) is 2.67. The van der Waals surface area contributed by atoms with Crippen LogP contribution in [0.1, 0.15) is 52.4 Å². The molecule has 0 radical (unpaired) electrons. The minimum absolute atomic E-state index is 0.186. The first-order valence-corrected chi connectivity index (χ1v) is 7.18. The van der Waals surface area contributed by atoms with Crippen LogP contribution in [0.2, 0.25) is 0 Å². The van der Waals surface area contributed by atoms with E-state index in [1.165, 1.54) is 0 Å². The number of amides is 1. The van der Waals surface area contributed by atoms with E-state index in [1.807, 2.05) is 0 Å². The summed E-state index contributed by atoms with van der Waals surface area (Å²) in [6, 6.07) is 0. The fourth-order valence-electron chi connectivity index (χ4n) is 2.72. The van der Waals surface area contributed by atoms with Gasteiger partial charge in [0.05, 0.1) is 5.60 Å². The van der Waals surface area contributed by atoms with E-state index >= 15 is 0 Å². The molecule has 3 N–H and O–H groups in total. The van der Waals surface area contributed by atoms with Crippen molar-refractivity contribution in [3.63, 3.8) is 0 Å². The molecule has 0 aromatic heterocycles. The number of rotatable bonds is 7. The molecule has 4 heteroatoms. The van der Waals surface area contributed by atoms with Gasteiger partial charge in [-0.15, -0.1) is 0 Å². The Hall–Kier alpha value is -0.610. The minimum atomic E-state index is -0.685. The smallest absolute Gasteiger partial charge is 0.222 e. The number of hydrogen-bond donors (Lipinski definition) is 2. The Kier molecular flexibility index (Phi) is 6.09. The highest BCUT2D eigenvalue weighted by Gasteiger charge is 2.33. The van der Waals surface area contributed by atoms with Crippen molar-refractivity contribution in [2.75, 3.05) is 19.6 Å². The van der Waals surface area contributed by atoms with E-state index in [1.54, 1.807) is 11.8 Å². The van der Waals surface area contributed by atoms with Gasteiger partial charge in [0, 0.05) is 19.5 Å². The van der Waals surface area contributed by atoms with Gasteiger partial charge in [0.25, 0.3) is 0 Å².